The van der Waals surface area contributed by atoms with E-state index in [9.17, 15) is 8.42 Å². The molecule has 1 N–H and O–H groups in total. The number of methoxy groups -OCH3 is 1. The minimum Gasteiger partial charge on any atom is -0.496 e. The summed E-state index contributed by atoms with van der Waals surface area (Å²) in [6.07, 6.45) is 3.75. The highest BCUT2D eigenvalue weighted by atomic mass is 79.9. The largest absolute Gasteiger partial charge is 0.496 e. The zero-order chi connectivity index (χ0) is 17.3. The highest BCUT2D eigenvalue weighted by Crippen LogP contribution is 2.39. The van der Waals surface area contributed by atoms with E-state index in [1.807, 2.05) is 13.0 Å². The summed E-state index contributed by atoms with van der Waals surface area (Å²) in [4.78, 5) is 0.393. The molecule has 0 saturated carbocycles. The molecule has 2 unspecified atom stereocenters. The van der Waals surface area contributed by atoms with Crippen molar-refractivity contribution in [2.45, 2.75) is 62.9 Å². The van der Waals surface area contributed by atoms with Crippen molar-refractivity contribution in [3.8, 4) is 5.75 Å². The van der Waals surface area contributed by atoms with Crippen LogP contribution >= 0.6 is 15.9 Å². The van der Waals surface area contributed by atoms with Crippen molar-refractivity contribution in [3.63, 3.8) is 0 Å². The maximum Gasteiger partial charge on any atom is 0.180 e. The Hall–Kier alpha value is -0.590. The third kappa shape index (κ3) is 3.74. The van der Waals surface area contributed by atoms with Gasteiger partial charge in [0.15, 0.2) is 9.84 Å². The van der Waals surface area contributed by atoms with Gasteiger partial charge in [0, 0.05) is 17.6 Å². The summed E-state index contributed by atoms with van der Waals surface area (Å²) in [7, 11) is -1.82. The maximum atomic E-state index is 13.0. The van der Waals surface area contributed by atoms with Crippen LogP contribution in [0, 0.1) is 0 Å². The fourth-order valence-electron chi connectivity index (χ4n) is 3.37. The quantitative estimate of drug-likeness (QED) is 0.798. The van der Waals surface area contributed by atoms with Crippen LogP contribution in [0.5, 0.6) is 5.75 Å². The average molecular weight is 404 g/mol. The molecular weight excluding hydrogens is 378 g/mol. The van der Waals surface area contributed by atoms with Crippen molar-refractivity contribution in [2.24, 2.45) is 0 Å². The summed E-state index contributed by atoms with van der Waals surface area (Å²) in [5.74, 6) is 0.690. The standard InChI is InChI=1S/C17H26BrNO3S/c1-5-7-8-17(6-2)11-23(20,21)16-10-15(22-4)14(18)9-13(16)12(3)19-17/h9-10,12,19H,5-8,11H2,1-4H3. The Balaban J connectivity index is 2.57. The van der Waals surface area contributed by atoms with Gasteiger partial charge in [-0.3, -0.25) is 0 Å². The Morgan fingerprint density at radius 1 is 1.39 bits per heavy atom. The van der Waals surface area contributed by atoms with E-state index >= 15 is 0 Å². The lowest BCUT2D eigenvalue weighted by molar-refractivity contribution is 0.287. The molecule has 1 aliphatic rings. The zero-order valence-corrected chi connectivity index (χ0v) is 16.7. The molecule has 0 fully saturated rings. The number of nitrogens with one attached hydrogen (secondary N) is 1. The molecule has 0 aliphatic carbocycles. The Bertz CT molecular complexity index is 675. The van der Waals surface area contributed by atoms with Gasteiger partial charge in [0.25, 0.3) is 0 Å². The molecule has 130 valence electrons. The first-order valence-electron chi connectivity index (χ1n) is 8.16. The molecule has 1 aliphatic heterocycles. The summed E-state index contributed by atoms with van der Waals surface area (Å²) < 4.78 is 32.2. The number of halogens is 1. The predicted octanol–water partition coefficient (Wildman–Crippen LogP) is 4.23. The molecule has 2 atom stereocenters. The lowest BCUT2D eigenvalue weighted by Crippen LogP contribution is -2.49. The summed E-state index contributed by atoms with van der Waals surface area (Å²) in [5, 5.41) is 3.61. The fraction of sp³-hybridized carbons (Fsp3) is 0.647. The van der Waals surface area contributed by atoms with Gasteiger partial charge >= 0.3 is 0 Å². The normalized spacial score (nSPS) is 26.4. The van der Waals surface area contributed by atoms with E-state index in [4.69, 9.17) is 4.74 Å². The van der Waals surface area contributed by atoms with E-state index in [1.165, 1.54) is 0 Å². The molecular formula is C17H26BrNO3S. The van der Waals surface area contributed by atoms with Gasteiger partial charge in [-0.05, 0) is 47.3 Å². The van der Waals surface area contributed by atoms with E-state index < -0.39 is 9.84 Å². The number of rotatable bonds is 5. The SMILES string of the molecule is CCCCC1(CC)CS(=O)(=O)c2cc(OC)c(Br)cc2C(C)N1. The van der Waals surface area contributed by atoms with Crippen molar-refractivity contribution < 1.29 is 13.2 Å². The molecule has 0 radical (unpaired) electrons. The average Bonchev–Trinajstić information content (AvgIpc) is 2.58. The first kappa shape index (κ1) is 18.7. The molecule has 0 aromatic heterocycles. The number of benzene rings is 1. The number of ether oxygens (including phenoxy) is 1. The van der Waals surface area contributed by atoms with Gasteiger partial charge in [-0.25, -0.2) is 8.42 Å². The van der Waals surface area contributed by atoms with E-state index in [2.05, 4.69) is 35.1 Å². The van der Waals surface area contributed by atoms with Crippen LogP contribution in [-0.2, 0) is 9.84 Å². The Kier molecular flexibility index (Phi) is 5.80. The molecule has 0 saturated heterocycles. The second kappa shape index (κ2) is 7.11. The number of hydrogen-bond acceptors (Lipinski definition) is 4. The maximum absolute atomic E-state index is 13.0. The van der Waals surface area contributed by atoms with Crippen LogP contribution in [0.25, 0.3) is 0 Å². The summed E-state index contributed by atoms with van der Waals surface area (Å²) in [5.41, 5.74) is 0.442. The van der Waals surface area contributed by atoms with E-state index in [1.54, 1.807) is 13.2 Å². The topological polar surface area (TPSA) is 55.4 Å². The van der Waals surface area contributed by atoms with Crippen molar-refractivity contribution in [1.29, 1.82) is 0 Å². The zero-order valence-electron chi connectivity index (χ0n) is 14.3. The molecule has 6 heteroatoms. The van der Waals surface area contributed by atoms with Crippen molar-refractivity contribution in [1.82, 2.24) is 5.32 Å². The van der Waals surface area contributed by atoms with Gasteiger partial charge in [-0.1, -0.05) is 26.7 Å². The smallest absolute Gasteiger partial charge is 0.180 e. The summed E-state index contributed by atoms with van der Waals surface area (Å²) >= 11 is 3.47. The molecule has 4 nitrogen and oxygen atoms in total. The van der Waals surface area contributed by atoms with Gasteiger partial charge in [-0.15, -0.1) is 0 Å². The Morgan fingerprint density at radius 3 is 2.65 bits per heavy atom. The molecule has 1 aromatic carbocycles. The van der Waals surface area contributed by atoms with E-state index in [0.717, 1.165) is 35.7 Å². The van der Waals surface area contributed by atoms with Crippen LogP contribution in [-0.4, -0.2) is 26.8 Å². The van der Waals surface area contributed by atoms with Crippen molar-refractivity contribution in [3.05, 3.63) is 22.2 Å². The molecule has 0 bridgehead atoms. The molecule has 1 aromatic rings. The number of fused-ring (bicyclic) bond motifs is 1. The molecule has 2 rings (SSSR count). The van der Waals surface area contributed by atoms with Crippen LogP contribution in [0.2, 0.25) is 0 Å². The van der Waals surface area contributed by atoms with E-state index in [0.29, 0.717) is 10.6 Å². The number of sulfone groups is 1. The summed E-state index contributed by atoms with van der Waals surface area (Å²) in [6.45, 7) is 6.24. The van der Waals surface area contributed by atoms with Gasteiger partial charge in [-0.2, -0.15) is 0 Å². The number of hydrogen-bond donors (Lipinski definition) is 1. The second-order valence-electron chi connectivity index (χ2n) is 6.39. The van der Waals surface area contributed by atoms with Gasteiger partial charge in [0.1, 0.15) is 5.75 Å². The highest BCUT2D eigenvalue weighted by molar-refractivity contribution is 9.10. The number of unbranched alkanes of at least 4 members (excludes halogenated alkanes) is 1. The lowest BCUT2D eigenvalue weighted by atomic mass is 9.90. The molecule has 0 spiro atoms. The van der Waals surface area contributed by atoms with Crippen LogP contribution < -0.4 is 10.1 Å². The van der Waals surface area contributed by atoms with Gasteiger partial charge in [0.05, 0.1) is 22.2 Å². The Morgan fingerprint density at radius 2 is 2.09 bits per heavy atom. The first-order chi connectivity index (χ1) is 10.8. The Labute approximate surface area is 148 Å². The summed E-state index contributed by atoms with van der Waals surface area (Å²) in [6, 6.07) is 3.49. The van der Waals surface area contributed by atoms with Crippen molar-refractivity contribution >= 4 is 25.8 Å². The van der Waals surface area contributed by atoms with E-state index in [-0.39, 0.29) is 17.3 Å². The minimum absolute atomic E-state index is 0.0266. The van der Waals surface area contributed by atoms with Crippen LogP contribution in [0.3, 0.4) is 0 Å². The lowest BCUT2D eigenvalue weighted by Gasteiger charge is -2.34. The van der Waals surface area contributed by atoms with Crippen LogP contribution in [0.4, 0.5) is 0 Å². The van der Waals surface area contributed by atoms with Crippen LogP contribution in [0.15, 0.2) is 21.5 Å². The predicted molar refractivity (Wildman–Crippen MR) is 96.8 cm³/mol. The second-order valence-corrected chi connectivity index (χ2v) is 9.20. The van der Waals surface area contributed by atoms with Gasteiger partial charge in [0.2, 0.25) is 0 Å². The monoisotopic (exact) mass is 403 g/mol. The molecule has 0 amide bonds. The highest BCUT2D eigenvalue weighted by Gasteiger charge is 2.40. The first-order valence-corrected chi connectivity index (χ1v) is 10.6. The molecule has 1 heterocycles. The third-order valence-electron chi connectivity index (χ3n) is 4.76. The van der Waals surface area contributed by atoms with Crippen molar-refractivity contribution in [2.75, 3.05) is 12.9 Å². The van der Waals surface area contributed by atoms with Crippen LogP contribution in [0.1, 0.15) is 58.1 Å². The fourth-order valence-corrected chi connectivity index (χ4v) is 6.09. The van der Waals surface area contributed by atoms with Gasteiger partial charge < -0.3 is 10.1 Å². The third-order valence-corrected chi connectivity index (χ3v) is 7.34. The molecule has 23 heavy (non-hydrogen) atoms. The minimum atomic E-state index is -3.37.